The van der Waals surface area contributed by atoms with Gasteiger partial charge in [0.2, 0.25) is 6.40 Å². The van der Waals surface area contributed by atoms with E-state index >= 15 is 0 Å². The minimum atomic E-state index is -2.67. The molecule has 1 aliphatic heterocycles. The molecule has 68 heavy (non-hydrogen) atoms. The Bertz CT molecular complexity index is 1380. The second kappa shape index (κ2) is 35.9. The van der Waals surface area contributed by atoms with Crippen LogP contribution in [0.3, 0.4) is 0 Å². The molecular weight excluding hydrogens is 915 g/mol. The van der Waals surface area contributed by atoms with Gasteiger partial charge < -0.3 is 63.3 Å². The SMILES string of the molecule is CO[Si](CCCNC(=O)NCCCCCCNC(=O)N(CCCCCCNC(=O)NCCC[Si](OC)(OC)OC)C(=O)NCCCCCC/N=C/OOC1CC(C)(C)N(C)C(C)(C)C1)(OC)OC. The number of carbonyl (C=O) groups excluding carboxylic acids is 4. The Morgan fingerprint density at radius 1 is 0.544 bits per heavy atom. The molecule has 0 aromatic rings. The molecule has 0 aromatic heterocycles. The first-order valence-electron chi connectivity index (χ1n) is 24.7. The summed E-state index contributed by atoms with van der Waals surface area (Å²) in [4.78, 5) is 70.0. The van der Waals surface area contributed by atoms with Crippen LogP contribution in [0, 0.1) is 0 Å². The van der Waals surface area contributed by atoms with E-state index in [1.807, 2.05) is 0 Å². The normalized spacial score (nSPS) is 15.2. The summed E-state index contributed by atoms with van der Waals surface area (Å²) in [6.07, 6.45) is 14.3. The third kappa shape index (κ3) is 26.2. The maximum Gasteiger partial charge on any atom is 0.500 e. The summed E-state index contributed by atoms with van der Waals surface area (Å²) in [5.74, 6) is 0. The number of hydrogen-bond acceptors (Lipinski definition) is 14. The minimum absolute atomic E-state index is 0.000631. The first-order valence-corrected chi connectivity index (χ1v) is 28.6. The highest BCUT2D eigenvalue weighted by atomic mass is 28.4. The van der Waals surface area contributed by atoms with Gasteiger partial charge in [-0.25, -0.2) is 24.1 Å². The number of rotatable bonds is 38. The first-order chi connectivity index (χ1) is 32.5. The smallest absolute Gasteiger partial charge is 0.377 e. The lowest BCUT2D eigenvalue weighted by molar-refractivity contribution is -0.278. The molecule has 21 nitrogen and oxygen atoms in total. The highest BCUT2D eigenvalue weighted by molar-refractivity contribution is 6.60. The molecule has 1 fully saturated rings. The standard InChI is InChI=1S/C45H93N9O12Si2/c1-44(2)36-39(37-45(3,4)53(44)5)66-65-38-46-26-18-12-13-21-29-51-42(57)54(33-23-17-16-20-28-48-41(56)50-32-25-35-68(62-9,63-10)64-11)43(58)52-30-22-15-14-19-27-47-40(55)49-31-24-34-67(59-6,60-7)61-8/h38-39H,12-37H2,1-11H3,(H,51,57)(H,52,58)(H2,47,49,55)(H2,48,50,56)/b46-38+. The van der Waals surface area contributed by atoms with Crippen LogP contribution in [0.15, 0.2) is 4.99 Å². The maximum absolute atomic E-state index is 13.3. The van der Waals surface area contributed by atoms with Crippen LogP contribution in [0.4, 0.5) is 19.2 Å². The molecule has 0 bridgehead atoms. The van der Waals surface area contributed by atoms with Gasteiger partial charge in [-0.15, -0.1) is 0 Å². The summed E-state index contributed by atoms with van der Waals surface area (Å²) in [6.45, 7) is 12.7. The molecule has 0 unspecified atom stereocenters. The zero-order valence-electron chi connectivity index (χ0n) is 43.8. The predicted octanol–water partition coefficient (Wildman–Crippen LogP) is 6.15. The Morgan fingerprint density at radius 3 is 1.29 bits per heavy atom. The van der Waals surface area contributed by atoms with Gasteiger partial charge in [-0.05, 0) is 99.0 Å². The van der Waals surface area contributed by atoms with Gasteiger partial charge in [-0.2, -0.15) is 4.89 Å². The number of hydrogen-bond donors (Lipinski definition) is 6. The monoisotopic (exact) mass is 1010 g/mol. The van der Waals surface area contributed by atoms with Crippen LogP contribution in [-0.4, -0.2) is 177 Å². The molecule has 23 heteroatoms. The van der Waals surface area contributed by atoms with Crippen LogP contribution in [-0.2, 0) is 36.3 Å². The van der Waals surface area contributed by atoms with Gasteiger partial charge in [0.05, 0.1) is 0 Å². The number of piperidine rings is 1. The number of unbranched alkanes of at least 4 members (excludes halogenated alkanes) is 9. The molecule has 1 heterocycles. The Balaban J connectivity index is 2.43. The molecular formula is C45H93N9O12Si2. The zero-order valence-corrected chi connectivity index (χ0v) is 45.8. The molecule has 398 valence electrons. The van der Waals surface area contributed by atoms with Crippen molar-refractivity contribution in [1.29, 1.82) is 0 Å². The molecule has 0 aromatic carbocycles. The number of imide groups is 1. The molecule has 1 rings (SSSR count). The van der Waals surface area contributed by atoms with Crippen LogP contribution in [0.2, 0.25) is 12.1 Å². The molecule has 0 aliphatic carbocycles. The van der Waals surface area contributed by atoms with E-state index in [0.717, 1.165) is 83.5 Å². The van der Waals surface area contributed by atoms with Crippen molar-refractivity contribution in [3.8, 4) is 0 Å². The van der Waals surface area contributed by atoms with Gasteiger partial charge in [0.1, 0.15) is 6.10 Å². The highest BCUT2D eigenvalue weighted by Crippen LogP contribution is 2.38. The van der Waals surface area contributed by atoms with E-state index in [1.165, 1.54) is 11.3 Å². The summed E-state index contributed by atoms with van der Waals surface area (Å²) in [6, 6.07) is -0.103. The van der Waals surface area contributed by atoms with Crippen molar-refractivity contribution in [2.75, 3.05) is 102 Å². The van der Waals surface area contributed by atoms with E-state index in [-0.39, 0.29) is 35.8 Å². The van der Waals surface area contributed by atoms with E-state index in [1.54, 1.807) is 42.7 Å². The number of carbonyl (C=O) groups is 4. The van der Waals surface area contributed by atoms with Gasteiger partial charge >= 0.3 is 41.7 Å². The van der Waals surface area contributed by atoms with Crippen LogP contribution >= 0.6 is 0 Å². The number of aliphatic imine (C=N–C) groups is 1. The quantitative estimate of drug-likeness (QED) is 0.0102. The lowest BCUT2D eigenvalue weighted by Crippen LogP contribution is -2.60. The van der Waals surface area contributed by atoms with Crippen molar-refractivity contribution in [2.45, 2.75) is 160 Å². The Labute approximate surface area is 410 Å². The zero-order chi connectivity index (χ0) is 50.7. The summed E-state index contributed by atoms with van der Waals surface area (Å²) >= 11 is 0. The Morgan fingerprint density at radius 2 is 0.897 bits per heavy atom. The van der Waals surface area contributed by atoms with Gasteiger partial charge in [0.15, 0.2) is 0 Å². The number of likely N-dealkylation sites (tertiary alicyclic amines) is 1. The van der Waals surface area contributed by atoms with Gasteiger partial charge in [0, 0.05) is 118 Å². The molecule has 8 amide bonds. The van der Waals surface area contributed by atoms with Gasteiger partial charge in [-0.1, -0.05) is 38.5 Å². The first kappa shape index (κ1) is 62.9. The highest BCUT2D eigenvalue weighted by Gasteiger charge is 2.44. The summed E-state index contributed by atoms with van der Waals surface area (Å²) in [5.41, 5.74) is 0.0228. The van der Waals surface area contributed by atoms with Crippen molar-refractivity contribution in [3.05, 3.63) is 0 Å². The third-order valence-electron chi connectivity index (χ3n) is 12.6. The fraction of sp³-hybridized carbons (Fsp3) is 0.889. The predicted molar refractivity (Wildman–Crippen MR) is 269 cm³/mol. The molecule has 0 saturated carbocycles. The van der Waals surface area contributed by atoms with Crippen LogP contribution in [0.5, 0.6) is 0 Å². The number of urea groups is 4. The lowest BCUT2D eigenvalue weighted by Gasteiger charge is -2.52. The average Bonchev–Trinajstić information content (AvgIpc) is 3.31. The average molecular weight is 1010 g/mol. The number of amides is 8. The molecule has 0 atom stereocenters. The van der Waals surface area contributed by atoms with Crippen molar-refractivity contribution < 1.29 is 55.5 Å². The molecule has 0 radical (unpaired) electrons. The second-order valence-corrected chi connectivity index (χ2v) is 24.6. The molecule has 1 saturated heterocycles. The molecule has 6 N–H and O–H groups in total. The van der Waals surface area contributed by atoms with E-state index in [0.29, 0.717) is 77.2 Å². The van der Waals surface area contributed by atoms with Crippen LogP contribution in [0.25, 0.3) is 0 Å². The van der Waals surface area contributed by atoms with E-state index in [9.17, 15) is 19.2 Å². The van der Waals surface area contributed by atoms with E-state index in [4.69, 9.17) is 36.3 Å². The largest absolute Gasteiger partial charge is 0.500 e. The number of nitrogens with zero attached hydrogens (tertiary/aromatic N) is 3. The van der Waals surface area contributed by atoms with Crippen molar-refractivity contribution in [3.63, 3.8) is 0 Å². The van der Waals surface area contributed by atoms with E-state index in [2.05, 4.69) is 76.5 Å². The summed E-state index contributed by atoms with van der Waals surface area (Å²) < 4.78 is 32.5. The second-order valence-electron chi connectivity index (χ2n) is 18.4. The molecule has 0 spiro atoms. The van der Waals surface area contributed by atoms with Gasteiger partial charge in [-0.3, -0.25) is 9.89 Å². The van der Waals surface area contributed by atoms with Crippen LogP contribution < -0.4 is 31.9 Å². The van der Waals surface area contributed by atoms with Crippen LogP contribution in [0.1, 0.15) is 130 Å². The van der Waals surface area contributed by atoms with Crippen molar-refractivity contribution in [2.24, 2.45) is 4.99 Å². The van der Waals surface area contributed by atoms with E-state index < -0.39 is 29.7 Å². The fourth-order valence-electron chi connectivity index (χ4n) is 8.10. The third-order valence-corrected chi connectivity index (χ3v) is 18.2. The van der Waals surface area contributed by atoms with Crippen molar-refractivity contribution in [1.82, 2.24) is 41.7 Å². The fourth-order valence-corrected chi connectivity index (χ4v) is 11.5. The Kier molecular flexibility index (Phi) is 33.2. The maximum atomic E-state index is 13.3. The lowest BCUT2D eigenvalue weighted by atomic mass is 9.79. The van der Waals surface area contributed by atoms with Crippen molar-refractivity contribution >= 4 is 48.1 Å². The van der Waals surface area contributed by atoms with Gasteiger partial charge in [0.25, 0.3) is 0 Å². The minimum Gasteiger partial charge on any atom is -0.377 e. The Hall–Kier alpha value is -3.14. The summed E-state index contributed by atoms with van der Waals surface area (Å²) in [7, 11) is 6.24. The summed E-state index contributed by atoms with van der Waals surface area (Å²) in [5, 5.41) is 17.3. The molecule has 1 aliphatic rings. The topological polar surface area (TPSA) is 233 Å². The number of nitrogens with one attached hydrogen (secondary N) is 6.